The third kappa shape index (κ3) is 4.58. The van der Waals surface area contributed by atoms with Crippen LogP contribution in [-0.4, -0.2) is 42.1 Å². The Hall–Kier alpha value is -2.47. The molecule has 0 aromatic heterocycles. The summed E-state index contributed by atoms with van der Waals surface area (Å²) >= 11 is 0. The second-order valence-electron chi connectivity index (χ2n) is 6.59. The topological polar surface area (TPSA) is 89.9 Å². The number of esters is 2. The molecule has 0 amide bonds. The molecule has 0 saturated carbocycles. The van der Waals surface area contributed by atoms with Gasteiger partial charge in [0.25, 0.3) is 0 Å². The number of carbonyl (C=O) groups is 3. The van der Waals surface area contributed by atoms with E-state index in [1.807, 2.05) is 19.1 Å². The molecule has 2 rings (SSSR count). The summed E-state index contributed by atoms with van der Waals surface area (Å²) in [5.74, 6) is -1.70. The van der Waals surface area contributed by atoms with E-state index in [1.54, 1.807) is 0 Å². The number of ether oxygens (including phenoxy) is 2. The van der Waals surface area contributed by atoms with Gasteiger partial charge in [0.05, 0.1) is 12.5 Å². The van der Waals surface area contributed by atoms with E-state index in [0.29, 0.717) is 12.0 Å². The molecule has 2 aliphatic rings. The first kappa shape index (κ1) is 19.8. The molecule has 0 radical (unpaired) electrons. The van der Waals surface area contributed by atoms with Crippen molar-refractivity contribution in [3.63, 3.8) is 0 Å². The molecule has 1 heterocycles. The zero-order valence-corrected chi connectivity index (χ0v) is 15.1. The van der Waals surface area contributed by atoms with Crippen molar-refractivity contribution in [3.05, 3.63) is 47.1 Å². The summed E-state index contributed by atoms with van der Waals surface area (Å²) in [6.07, 6.45) is 6.00. The number of hydrogen-bond acceptors (Lipinski definition) is 6. The normalized spacial score (nSPS) is 31.0. The van der Waals surface area contributed by atoms with E-state index in [2.05, 4.69) is 6.58 Å². The monoisotopic (exact) mass is 360 g/mol. The third-order valence-electron chi connectivity index (χ3n) is 4.62. The Labute approximate surface area is 152 Å². The lowest BCUT2D eigenvalue weighted by Crippen LogP contribution is -2.34. The Morgan fingerprint density at radius 2 is 2.23 bits per heavy atom. The highest BCUT2D eigenvalue weighted by atomic mass is 16.6. The number of aliphatic hydroxyl groups is 1. The number of aliphatic hydroxyl groups excluding tert-OH is 1. The van der Waals surface area contributed by atoms with Crippen LogP contribution in [0.2, 0.25) is 0 Å². The van der Waals surface area contributed by atoms with E-state index in [9.17, 15) is 14.4 Å². The number of allylic oxidation sites excluding steroid dienone is 2. The van der Waals surface area contributed by atoms with Crippen LogP contribution in [0.3, 0.4) is 0 Å². The number of rotatable bonds is 4. The maximum atomic E-state index is 12.3. The van der Waals surface area contributed by atoms with Gasteiger partial charge in [0.1, 0.15) is 18.5 Å². The number of hydrogen-bond donors (Lipinski definition) is 1. The first-order valence-electron chi connectivity index (χ1n) is 8.57. The van der Waals surface area contributed by atoms with E-state index in [0.717, 1.165) is 18.3 Å². The van der Waals surface area contributed by atoms with Gasteiger partial charge >= 0.3 is 11.9 Å². The van der Waals surface area contributed by atoms with Crippen LogP contribution in [0.4, 0.5) is 0 Å². The molecule has 3 atom stereocenters. The molecule has 1 saturated heterocycles. The summed E-state index contributed by atoms with van der Waals surface area (Å²) in [6.45, 7) is 6.98. The lowest BCUT2D eigenvalue weighted by atomic mass is 9.85. The summed E-state index contributed by atoms with van der Waals surface area (Å²) in [7, 11) is 0. The molecule has 0 aromatic rings. The summed E-state index contributed by atoms with van der Waals surface area (Å²) in [4.78, 5) is 35.8. The van der Waals surface area contributed by atoms with Gasteiger partial charge in [-0.25, -0.2) is 9.59 Å². The Kier molecular flexibility index (Phi) is 6.69. The molecule has 26 heavy (non-hydrogen) atoms. The third-order valence-corrected chi connectivity index (χ3v) is 4.62. The average molecular weight is 360 g/mol. The molecule has 0 spiro atoms. The van der Waals surface area contributed by atoms with E-state index >= 15 is 0 Å². The van der Waals surface area contributed by atoms with Crippen molar-refractivity contribution in [2.75, 3.05) is 6.61 Å². The van der Waals surface area contributed by atoms with Crippen molar-refractivity contribution < 1.29 is 29.0 Å². The van der Waals surface area contributed by atoms with Crippen LogP contribution in [0, 0.1) is 5.92 Å². The Morgan fingerprint density at radius 3 is 2.88 bits per heavy atom. The second-order valence-corrected chi connectivity index (χ2v) is 6.59. The first-order valence-corrected chi connectivity index (χ1v) is 8.57. The van der Waals surface area contributed by atoms with Crippen molar-refractivity contribution >= 4 is 18.2 Å². The summed E-state index contributed by atoms with van der Waals surface area (Å²) in [5, 5.41) is 8.95. The minimum Gasteiger partial charge on any atom is -0.458 e. The van der Waals surface area contributed by atoms with Crippen LogP contribution in [0.5, 0.6) is 0 Å². The molecule has 0 unspecified atom stereocenters. The maximum absolute atomic E-state index is 12.3. The van der Waals surface area contributed by atoms with Crippen LogP contribution in [-0.2, 0) is 23.9 Å². The Bertz CT molecular complexity index is 697. The Morgan fingerprint density at radius 1 is 1.50 bits per heavy atom. The molecule has 1 N–H and O–H groups in total. The van der Waals surface area contributed by atoms with Crippen LogP contribution in [0.15, 0.2) is 47.1 Å². The van der Waals surface area contributed by atoms with E-state index in [4.69, 9.17) is 14.6 Å². The molecule has 140 valence electrons. The second kappa shape index (κ2) is 8.76. The predicted octanol–water partition coefficient (Wildman–Crippen LogP) is 2.19. The average Bonchev–Trinajstić information content (AvgIpc) is 2.86. The molecule has 0 aromatic carbocycles. The molecular weight excluding hydrogens is 336 g/mol. The van der Waals surface area contributed by atoms with Crippen LogP contribution < -0.4 is 0 Å². The van der Waals surface area contributed by atoms with Gasteiger partial charge in [-0.15, -0.1) is 0 Å². The van der Waals surface area contributed by atoms with E-state index in [1.165, 1.54) is 13.0 Å². The van der Waals surface area contributed by atoms with Gasteiger partial charge in [-0.05, 0) is 44.4 Å². The molecule has 0 bridgehead atoms. The van der Waals surface area contributed by atoms with Gasteiger partial charge in [0.2, 0.25) is 0 Å². The van der Waals surface area contributed by atoms with Crippen LogP contribution >= 0.6 is 0 Å². The zero-order valence-electron chi connectivity index (χ0n) is 15.1. The molecular formula is C20H24O6. The molecule has 1 aliphatic heterocycles. The molecule has 1 aliphatic carbocycles. The first-order chi connectivity index (χ1) is 12.4. The largest absolute Gasteiger partial charge is 0.458 e. The van der Waals surface area contributed by atoms with Gasteiger partial charge < -0.3 is 14.6 Å². The number of fused-ring (bicyclic) bond motifs is 1. The zero-order chi connectivity index (χ0) is 19.3. The highest BCUT2D eigenvalue weighted by Gasteiger charge is 2.44. The summed E-state index contributed by atoms with van der Waals surface area (Å²) in [6, 6.07) is 0. The lowest BCUT2D eigenvalue weighted by molar-refractivity contribution is -0.147. The standard InChI is InChI=1S/C20H24O6/c1-12-5-4-6-15(11-22)10-17(25-19(23)13(2)7-8-21)18-14(3)20(24)26-16(18)9-12/h6-7,9,11,16-18,21H,3-5,8,10H2,1-2H3/b12-9+,13-7+,15-6+/t16-,17-,18+/m1/s1. The lowest BCUT2D eigenvalue weighted by Gasteiger charge is -2.27. The van der Waals surface area contributed by atoms with Crippen molar-refractivity contribution in [3.8, 4) is 0 Å². The highest BCUT2D eigenvalue weighted by molar-refractivity contribution is 5.92. The van der Waals surface area contributed by atoms with Crippen molar-refractivity contribution in [1.29, 1.82) is 0 Å². The van der Waals surface area contributed by atoms with Gasteiger partial charge in [0.15, 0.2) is 0 Å². The molecule has 1 fully saturated rings. The van der Waals surface area contributed by atoms with E-state index < -0.39 is 30.1 Å². The van der Waals surface area contributed by atoms with Gasteiger partial charge in [-0.1, -0.05) is 18.2 Å². The number of carbonyl (C=O) groups excluding carboxylic acids is 3. The van der Waals surface area contributed by atoms with Crippen molar-refractivity contribution in [2.24, 2.45) is 5.92 Å². The fourth-order valence-electron chi connectivity index (χ4n) is 3.13. The Balaban J connectivity index is 2.40. The van der Waals surface area contributed by atoms with Gasteiger partial charge in [0, 0.05) is 17.6 Å². The predicted molar refractivity (Wildman–Crippen MR) is 95.0 cm³/mol. The van der Waals surface area contributed by atoms with Crippen molar-refractivity contribution in [2.45, 2.75) is 45.3 Å². The quantitative estimate of drug-likeness (QED) is 0.358. The van der Waals surface area contributed by atoms with Crippen molar-refractivity contribution in [1.82, 2.24) is 0 Å². The highest BCUT2D eigenvalue weighted by Crippen LogP contribution is 2.36. The number of aldehydes is 1. The summed E-state index contributed by atoms with van der Waals surface area (Å²) < 4.78 is 11.0. The SMILES string of the molecule is C=C1C(=O)O[C@@H]2/C=C(\C)CC/C=C(/C=O)C[C@@H](OC(=O)/C(C)=C/CO)[C@@H]12. The smallest absolute Gasteiger partial charge is 0.334 e. The molecule has 6 heteroatoms. The van der Waals surface area contributed by atoms with Gasteiger partial charge in [-0.2, -0.15) is 0 Å². The fourth-order valence-corrected chi connectivity index (χ4v) is 3.13. The van der Waals surface area contributed by atoms with Gasteiger partial charge in [-0.3, -0.25) is 4.79 Å². The van der Waals surface area contributed by atoms with E-state index in [-0.39, 0.29) is 24.2 Å². The maximum Gasteiger partial charge on any atom is 0.334 e. The fraction of sp³-hybridized carbons (Fsp3) is 0.450. The minimum atomic E-state index is -0.771. The summed E-state index contributed by atoms with van der Waals surface area (Å²) in [5.41, 5.74) is 2.01. The minimum absolute atomic E-state index is 0.172. The van der Waals surface area contributed by atoms with Crippen LogP contribution in [0.25, 0.3) is 0 Å². The molecule has 6 nitrogen and oxygen atoms in total. The van der Waals surface area contributed by atoms with Crippen LogP contribution in [0.1, 0.15) is 33.1 Å².